The van der Waals surface area contributed by atoms with Crippen molar-refractivity contribution >= 4 is 47.9 Å². The van der Waals surface area contributed by atoms with Crippen LogP contribution >= 0.6 is 0 Å². The Bertz CT molecular complexity index is 2350. The van der Waals surface area contributed by atoms with Gasteiger partial charge in [-0.3, -0.25) is 14.4 Å². The first-order valence-corrected chi connectivity index (χ1v) is 24.6. The van der Waals surface area contributed by atoms with Crippen LogP contribution in [0.2, 0.25) is 0 Å². The van der Waals surface area contributed by atoms with Gasteiger partial charge < -0.3 is 35.2 Å². The molecule has 2 fully saturated rings. The van der Waals surface area contributed by atoms with Gasteiger partial charge in [-0.25, -0.2) is 0 Å². The first-order chi connectivity index (χ1) is 30.9. The second-order valence-corrected chi connectivity index (χ2v) is 20.2. The summed E-state index contributed by atoms with van der Waals surface area (Å²) in [5.74, 6) is -0.00606. The maximum Gasteiger partial charge on any atom is 0.321 e. The summed E-state index contributed by atoms with van der Waals surface area (Å²) in [6, 6.07) is -0.267. The number of methoxy groups -OCH3 is 1. The highest BCUT2D eigenvalue weighted by Crippen LogP contribution is 2.48. The van der Waals surface area contributed by atoms with Crippen LogP contribution in [0.25, 0.3) is 30.4 Å². The summed E-state index contributed by atoms with van der Waals surface area (Å²) in [5, 5.41) is 20.0. The minimum Gasteiger partial charge on any atom is -0.468 e. The smallest absolute Gasteiger partial charge is 0.321 e. The molecule has 0 spiro atoms. The Morgan fingerprint density at radius 3 is 2.42 bits per heavy atom. The molecule has 2 saturated heterocycles. The van der Waals surface area contributed by atoms with E-state index in [0.29, 0.717) is 70.5 Å². The Labute approximate surface area is 388 Å². The number of Topliss-reactive ketones (excluding diaryl/α,β-unsaturated/α-hetero) is 2. The zero-order valence-electron chi connectivity index (χ0n) is 41.2. The van der Waals surface area contributed by atoms with E-state index < -0.39 is 18.2 Å². The normalized spacial score (nSPS) is 27.4. The van der Waals surface area contributed by atoms with Crippen molar-refractivity contribution in [2.45, 2.75) is 146 Å². The minimum absolute atomic E-state index is 0.0497. The molecule has 4 aliphatic rings. The van der Waals surface area contributed by atoms with Crippen molar-refractivity contribution in [2.75, 3.05) is 13.7 Å². The summed E-state index contributed by atoms with van der Waals surface area (Å²) in [6.07, 6.45) is 21.9. The molecule has 2 aromatic rings. The SMILES string of the molecule is C=c1c(C(C)=O)c2[nH]/c1=C\C1N/C(=C3\c4[nH]c(c(C)c4C(=O)[C@@H]3C(=O)OC)/C=C3\N/C(=C\2)[C@H](C)[C@H]3CC)[C@@H](CCC(O)OCC/C(C)=C/CC[C@H](C)CCC[C@H](C)/C=C/CC(C)C)[C@@H]1C. The molecule has 65 heavy (non-hydrogen) atoms. The lowest BCUT2D eigenvalue weighted by Gasteiger charge is -2.22. The molecule has 2 aromatic heterocycles. The lowest BCUT2D eigenvalue weighted by atomic mass is 9.83. The molecular weight excluding hydrogens is 813 g/mol. The van der Waals surface area contributed by atoms with Crippen LogP contribution in [0.1, 0.15) is 170 Å². The number of ether oxygens (including phenoxy) is 2. The average molecular weight is 891 g/mol. The third kappa shape index (κ3) is 11.1. The summed E-state index contributed by atoms with van der Waals surface area (Å²) in [5.41, 5.74) is 8.61. The number of allylic oxidation sites excluding steroid dienone is 6. The third-order valence-electron chi connectivity index (χ3n) is 14.8. The number of aromatic nitrogens is 2. The molecule has 5 N–H and O–H groups in total. The molecular formula is C55H78N4O6. The van der Waals surface area contributed by atoms with Crippen LogP contribution in [0, 0.1) is 54.3 Å². The van der Waals surface area contributed by atoms with Gasteiger partial charge in [-0.1, -0.05) is 91.7 Å². The van der Waals surface area contributed by atoms with E-state index in [1.807, 2.05) is 13.0 Å². The summed E-state index contributed by atoms with van der Waals surface area (Å²) < 4.78 is 11.3. The highest BCUT2D eigenvalue weighted by atomic mass is 16.6. The van der Waals surface area contributed by atoms with Crippen LogP contribution in [0.15, 0.2) is 40.9 Å². The number of aromatic amines is 2. The highest BCUT2D eigenvalue weighted by molar-refractivity contribution is 6.24. The van der Waals surface area contributed by atoms with Gasteiger partial charge in [0.25, 0.3) is 0 Å². The van der Waals surface area contributed by atoms with E-state index in [2.05, 4.69) is 113 Å². The second-order valence-electron chi connectivity index (χ2n) is 20.2. The highest BCUT2D eigenvalue weighted by Gasteiger charge is 2.49. The summed E-state index contributed by atoms with van der Waals surface area (Å²) >= 11 is 0. The van der Waals surface area contributed by atoms with Crippen molar-refractivity contribution in [3.8, 4) is 0 Å². The van der Waals surface area contributed by atoms with E-state index in [1.165, 1.54) is 38.4 Å². The van der Waals surface area contributed by atoms with E-state index >= 15 is 0 Å². The number of fused-ring (bicyclic) bond motifs is 7. The van der Waals surface area contributed by atoms with Gasteiger partial charge in [0.1, 0.15) is 5.92 Å². The second kappa shape index (κ2) is 21.8. The van der Waals surface area contributed by atoms with Crippen molar-refractivity contribution in [1.82, 2.24) is 20.6 Å². The van der Waals surface area contributed by atoms with Crippen LogP contribution < -0.4 is 21.2 Å². The lowest BCUT2D eigenvalue weighted by Crippen LogP contribution is -2.32. The number of ketones is 2. The molecule has 3 aliphatic heterocycles. The van der Waals surface area contributed by atoms with Crippen molar-refractivity contribution in [2.24, 2.45) is 47.3 Å². The van der Waals surface area contributed by atoms with Crippen LogP contribution in [0.5, 0.6) is 0 Å². The molecule has 354 valence electrons. The van der Waals surface area contributed by atoms with E-state index in [1.54, 1.807) is 6.92 Å². The third-order valence-corrected chi connectivity index (χ3v) is 14.8. The molecule has 2 unspecified atom stereocenters. The summed E-state index contributed by atoms with van der Waals surface area (Å²) in [4.78, 5) is 48.4. The van der Waals surface area contributed by atoms with Crippen LogP contribution in [0.3, 0.4) is 0 Å². The van der Waals surface area contributed by atoms with Gasteiger partial charge in [0.05, 0.1) is 25.1 Å². The average Bonchev–Trinajstić information content (AvgIpc) is 4.00. The molecule has 0 saturated carbocycles. The predicted molar refractivity (Wildman–Crippen MR) is 264 cm³/mol. The number of hydrogen-bond acceptors (Lipinski definition) is 8. The largest absolute Gasteiger partial charge is 0.468 e. The van der Waals surface area contributed by atoms with Gasteiger partial charge in [0.2, 0.25) is 0 Å². The maximum absolute atomic E-state index is 14.4. The number of hydrogen-bond donors (Lipinski definition) is 5. The Hall–Kier alpha value is -4.67. The lowest BCUT2D eigenvalue weighted by molar-refractivity contribution is -0.141. The number of nitrogens with one attached hydrogen (secondary N) is 4. The van der Waals surface area contributed by atoms with Gasteiger partial charge in [-0.15, -0.1) is 0 Å². The molecule has 0 radical (unpaired) electrons. The van der Waals surface area contributed by atoms with E-state index in [4.69, 9.17) is 9.47 Å². The van der Waals surface area contributed by atoms with E-state index in [0.717, 1.165) is 59.4 Å². The number of carbonyl (C=O) groups excluding carboxylic acids is 3. The van der Waals surface area contributed by atoms with Gasteiger partial charge in [0.15, 0.2) is 17.9 Å². The van der Waals surface area contributed by atoms with Crippen LogP contribution in [0.4, 0.5) is 0 Å². The predicted octanol–water partition coefficient (Wildman–Crippen LogP) is 9.90. The monoisotopic (exact) mass is 891 g/mol. The first kappa shape index (κ1) is 49.8. The zero-order valence-corrected chi connectivity index (χ0v) is 41.2. The fourth-order valence-electron chi connectivity index (χ4n) is 10.7. The molecule has 5 heterocycles. The number of H-pyrrole nitrogens is 2. The van der Waals surface area contributed by atoms with E-state index in [-0.39, 0.29) is 41.3 Å². The fraction of sp³-hybridized carbons (Fsp3) is 0.582. The van der Waals surface area contributed by atoms with Crippen molar-refractivity contribution in [1.29, 1.82) is 0 Å². The van der Waals surface area contributed by atoms with Gasteiger partial charge in [0, 0.05) is 73.8 Å². The Kier molecular flexibility index (Phi) is 16.7. The number of aliphatic hydroxyl groups is 1. The van der Waals surface area contributed by atoms with Gasteiger partial charge >= 0.3 is 5.97 Å². The molecule has 8 bridgehead atoms. The Morgan fingerprint density at radius 2 is 1.72 bits per heavy atom. The van der Waals surface area contributed by atoms with Crippen molar-refractivity contribution in [3.63, 3.8) is 0 Å². The number of aliphatic hydroxyl groups excluding tert-OH is 1. The first-order valence-electron chi connectivity index (χ1n) is 24.6. The number of esters is 1. The molecule has 0 aromatic carbocycles. The molecule has 0 amide bonds. The topological polar surface area (TPSA) is 146 Å². The number of rotatable bonds is 20. The molecule has 9 atom stereocenters. The molecule has 10 heteroatoms. The molecule has 6 rings (SSSR count). The number of carbonyl (C=O) groups is 3. The summed E-state index contributed by atoms with van der Waals surface area (Å²) in [7, 11) is 1.32. The quantitative estimate of drug-likeness (QED) is 0.0291. The minimum atomic E-state index is -1.15. The van der Waals surface area contributed by atoms with Crippen molar-refractivity contribution < 1.29 is 29.0 Å². The van der Waals surface area contributed by atoms with Gasteiger partial charge in [-0.2, -0.15) is 0 Å². The molecule has 1 aliphatic carbocycles. The summed E-state index contributed by atoms with van der Waals surface area (Å²) in [6.45, 7) is 26.1. The maximum atomic E-state index is 14.4. The Morgan fingerprint density at radius 1 is 0.985 bits per heavy atom. The standard InChI is InChI=1S/C55H78N4O6/c1-13-39-34(7)41-29-46-48(38(11)60)36(9)43(57-46)27-42-35(8)40(52(58-42)50-51(55(63)64-12)54(62)49-37(10)44(59-53(49)50)28-45(39)56-41)23-24-47(61)65-26-25-33(6)22-16-21-32(5)20-15-19-31(4)18-14-17-30(2)3/h14,18,22,27-32,34-35,39-40,42,47,51,56-59,61H,9,13,15-17,19-21,23-26H2,1-8,10-12H3/b18-14+,33-22+,41-29-,43-27-,45-28-,52-50-/t31-,32-,34-,35+,39-,40+,42?,47?,51-/m1/s1. The Balaban J connectivity index is 1.22. The fourth-order valence-corrected chi connectivity index (χ4v) is 10.7. The van der Waals surface area contributed by atoms with Crippen LogP contribution in [-0.4, -0.2) is 58.7 Å². The van der Waals surface area contributed by atoms with E-state index in [9.17, 15) is 19.5 Å². The van der Waals surface area contributed by atoms with Gasteiger partial charge in [-0.05, 0) is 120 Å². The molecule has 10 nitrogen and oxygen atoms in total. The van der Waals surface area contributed by atoms with Crippen LogP contribution in [-0.2, 0) is 14.3 Å². The van der Waals surface area contributed by atoms with Crippen molar-refractivity contribution in [3.05, 3.63) is 85.2 Å². The zero-order chi connectivity index (χ0) is 47.3.